The third kappa shape index (κ3) is 3.60. The van der Waals surface area contributed by atoms with Crippen molar-refractivity contribution in [2.75, 3.05) is 33.4 Å². The van der Waals surface area contributed by atoms with Crippen molar-refractivity contribution in [1.82, 2.24) is 9.88 Å². The molecule has 2 aliphatic heterocycles. The Balaban J connectivity index is 1.61. The maximum Gasteiger partial charge on any atom is 0.161 e. The molecule has 4 rings (SSSR count). The Hall–Kier alpha value is -2.15. The molecule has 28 heavy (non-hydrogen) atoms. The normalized spacial score (nSPS) is 24.4. The monoisotopic (exact) mass is 383 g/mol. The number of ether oxygens (including phenoxy) is 2. The summed E-state index contributed by atoms with van der Waals surface area (Å²) in [5, 5.41) is 9.06. The number of nitrogens with zero attached hydrogens (tertiary/aromatic N) is 2. The summed E-state index contributed by atoms with van der Waals surface area (Å²) in [4.78, 5) is 7.14. The number of hydrogen-bond acceptors (Lipinski definition) is 6. The molecule has 0 aliphatic carbocycles. The zero-order valence-electron chi connectivity index (χ0n) is 16.6. The van der Waals surface area contributed by atoms with E-state index in [0.29, 0.717) is 17.5 Å². The first-order valence-electron chi connectivity index (χ1n) is 9.97. The first-order valence-corrected chi connectivity index (χ1v) is 9.97. The molecule has 1 fully saturated rings. The van der Waals surface area contributed by atoms with Crippen LogP contribution in [0.4, 0.5) is 0 Å². The number of fused-ring (bicyclic) bond motifs is 3. The van der Waals surface area contributed by atoms with Crippen LogP contribution in [0.5, 0.6) is 11.5 Å². The molecule has 0 amide bonds. The van der Waals surface area contributed by atoms with Gasteiger partial charge in [0.05, 0.1) is 13.7 Å². The van der Waals surface area contributed by atoms with E-state index in [1.165, 1.54) is 16.7 Å². The lowest BCUT2D eigenvalue weighted by Crippen LogP contribution is -2.50. The Bertz CT molecular complexity index is 842. The lowest BCUT2D eigenvalue weighted by Gasteiger charge is -2.46. The predicted molar refractivity (Wildman–Crippen MR) is 108 cm³/mol. The zero-order valence-corrected chi connectivity index (χ0v) is 16.6. The molecule has 1 saturated heterocycles. The van der Waals surface area contributed by atoms with E-state index < -0.39 is 0 Å². The first kappa shape index (κ1) is 19.2. The van der Waals surface area contributed by atoms with E-state index in [1.54, 1.807) is 7.11 Å². The standard InChI is InChI=1S/C22H29N3O3/c1-14-3-5-24-19(9-14)17-13-25-6-4-15-10-22(28-8-7-26)21(27-2)11-16(15)20(25)12-18(17)23/h3,5,9-11,17-18,20,26H,4,6-8,12-13,23H2,1-2H3. The van der Waals surface area contributed by atoms with Crippen molar-refractivity contribution < 1.29 is 14.6 Å². The average Bonchev–Trinajstić information content (AvgIpc) is 2.71. The van der Waals surface area contributed by atoms with Crippen LogP contribution in [0.25, 0.3) is 0 Å². The molecule has 3 heterocycles. The smallest absolute Gasteiger partial charge is 0.161 e. The Labute approximate surface area is 166 Å². The van der Waals surface area contributed by atoms with Crippen LogP contribution >= 0.6 is 0 Å². The summed E-state index contributed by atoms with van der Waals surface area (Å²) in [5.74, 6) is 1.67. The molecule has 6 heteroatoms. The molecule has 2 aromatic rings. The molecule has 3 unspecified atom stereocenters. The third-order valence-corrected chi connectivity index (χ3v) is 6.00. The van der Waals surface area contributed by atoms with Gasteiger partial charge in [-0.25, -0.2) is 0 Å². The average molecular weight is 383 g/mol. The van der Waals surface area contributed by atoms with Gasteiger partial charge in [-0.1, -0.05) is 0 Å². The largest absolute Gasteiger partial charge is 0.493 e. The highest BCUT2D eigenvalue weighted by molar-refractivity contribution is 5.50. The molecule has 1 aromatic carbocycles. The van der Waals surface area contributed by atoms with Crippen molar-refractivity contribution >= 4 is 0 Å². The number of nitrogens with two attached hydrogens (primary N) is 1. The van der Waals surface area contributed by atoms with Crippen LogP contribution in [0.1, 0.15) is 40.8 Å². The molecule has 150 valence electrons. The number of rotatable bonds is 5. The summed E-state index contributed by atoms with van der Waals surface area (Å²) in [6, 6.07) is 8.72. The molecule has 0 bridgehead atoms. The number of methoxy groups -OCH3 is 1. The van der Waals surface area contributed by atoms with Crippen LogP contribution in [0.15, 0.2) is 30.5 Å². The number of aromatic nitrogens is 1. The third-order valence-electron chi connectivity index (χ3n) is 6.00. The van der Waals surface area contributed by atoms with Gasteiger partial charge in [0.15, 0.2) is 11.5 Å². The fourth-order valence-electron chi connectivity index (χ4n) is 4.57. The minimum Gasteiger partial charge on any atom is -0.493 e. The molecule has 2 aliphatic rings. The number of hydrogen-bond donors (Lipinski definition) is 2. The number of aliphatic hydroxyl groups excluding tert-OH is 1. The summed E-state index contributed by atoms with van der Waals surface area (Å²) >= 11 is 0. The maximum atomic E-state index is 9.06. The molecule has 3 N–H and O–H groups in total. The number of piperidine rings is 1. The van der Waals surface area contributed by atoms with Gasteiger partial charge in [0.1, 0.15) is 6.61 Å². The van der Waals surface area contributed by atoms with E-state index >= 15 is 0 Å². The van der Waals surface area contributed by atoms with E-state index in [-0.39, 0.29) is 25.2 Å². The van der Waals surface area contributed by atoms with Crippen LogP contribution in [0.2, 0.25) is 0 Å². The molecule has 3 atom stereocenters. The van der Waals surface area contributed by atoms with Gasteiger partial charge in [-0.15, -0.1) is 0 Å². The summed E-state index contributed by atoms with van der Waals surface area (Å²) < 4.78 is 11.2. The van der Waals surface area contributed by atoms with Crippen molar-refractivity contribution in [3.8, 4) is 11.5 Å². The second-order valence-corrected chi connectivity index (χ2v) is 7.80. The summed E-state index contributed by atoms with van der Waals surface area (Å²) in [7, 11) is 1.65. The van der Waals surface area contributed by atoms with Crippen molar-refractivity contribution in [3.05, 3.63) is 52.8 Å². The van der Waals surface area contributed by atoms with E-state index in [0.717, 1.165) is 31.6 Å². The second kappa shape index (κ2) is 8.07. The fraction of sp³-hybridized carbons (Fsp3) is 0.500. The minimum absolute atomic E-state index is 0.0140. The Morgan fingerprint density at radius 1 is 1.29 bits per heavy atom. The molecular weight excluding hydrogens is 354 g/mol. The van der Waals surface area contributed by atoms with E-state index in [2.05, 4.69) is 35.0 Å². The highest BCUT2D eigenvalue weighted by atomic mass is 16.5. The quantitative estimate of drug-likeness (QED) is 0.824. The molecular formula is C22H29N3O3. The van der Waals surface area contributed by atoms with Crippen LogP contribution in [-0.2, 0) is 6.42 Å². The number of pyridine rings is 1. The van der Waals surface area contributed by atoms with Crippen LogP contribution in [0, 0.1) is 6.92 Å². The summed E-state index contributed by atoms with van der Waals surface area (Å²) in [6.45, 7) is 4.27. The first-order chi connectivity index (χ1) is 13.6. The van der Waals surface area contributed by atoms with Crippen molar-refractivity contribution in [2.45, 2.75) is 37.8 Å². The van der Waals surface area contributed by atoms with Gasteiger partial charge in [-0.2, -0.15) is 0 Å². The van der Waals surface area contributed by atoms with Gasteiger partial charge >= 0.3 is 0 Å². The minimum atomic E-state index is -0.0140. The molecule has 0 saturated carbocycles. The molecule has 6 nitrogen and oxygen atoms in total. The van der Waals surface area contributed by atoms with Crippen molar-refractivity contribution in [2.24, 2.45) is 5.73 Å². The summed E-state index contributed by atoms with van der Waals surface area (Å²) in [5.41, 5.74) is 11.5. The van der Waals surface area contributed by atoms with Gasteiger partial charge in [-0.3, -0.25) is 9.88 Å². The van der Waals surface area contributed by atoms with E-state index in [4.69, 9.17) is 20.3 Å². The number of aliphatic hydroxyl groups is 1. The van der Waals surface area contributed by atoms with Crippen LogP contribution in [0.3, 0.4) is 0 Å². The SMILES string of the molecule is COc1cc2c(cc1OCCO)CCN1CC(c3cc(C)ccn3)C(N)CC21. The Morgan fingerprint density at radius 2 is 2.14 bits per heavy atom. The highest BCUT2D eigenvalue weighted by Gasteiger charge is 2.39. The number of benzene rings is 1. The van der Waals surface area contributed by atoms with Crippen molar-refractivity contribution in [1.29, 1.82) is 0 Å². The van der Waals surface area contributed by atoms with Crippen LogP contribution < -0.4 is 15.2 Å². The summed E-state index contributed by atoms with van der Waals surface area (Å²) in [6.07, 6.45) is 3.75. The topological polar surface area (TPSA) is 80.8 Å². The van der Waals surface area contributed by atoms with E-state index in [9.17, 15) is 0 Å². The van der Waals surface area contributed by atoms with Gasteiger partial charge < -0.3 is 20.3 Å². The van der Waals surface area contributed by atoms with Crippen molar-refractivity contribution in [3.63, 3.8) is 0 Å². The zero-order chi connectivity index (χ0) is 19.7. The molecule has 1 aromatic heterocycles. The lowest BCUT2D eigenvalue weighted by atomic mass is 9.79. The lowest BCUT2D eigenvalue weighted by molar-refractivity contribution is 0.108. The van der Waals surface area contributed by atoms with Gasteiger partial charge in [0.25, 0.3) is 0 Å². The Morgan fingerprint density at radius 3 is 2.89 bits per heavy atom. The van der Waals surface area contributed by atoms with Gasteiger partial charge in [0, 0.05) is 43.0 Å². The van der Waals surface area contributed by atoms with Crippen LogP contribution in [-0.4, -0.2) is 54.4 Å². The predicted octanol–water partition coefficient (Wildman–Crippen LogP) is 2.18. The number of aryl methyl sites for hydroxylation is 1. The van der Waals surface area contributed by atoms with Gasteiger partial charge in [-0.05, 0) is 60.7 Å². The fourth-order valence-corrected chi connectivity index (χ4v) is 4.57. The molecule has 0 spiro atoms. The van der Waals surface area contributed by atoms with E-state index in [1.807, 2.05) is 12.3 Å². The molecule has 0 radical (unpaired) electrons. The maximum absolute atomic E-state index is 9.06. The second-order valence-electron chi connectivity index (χ2n) is 7.80. The highest BCUT2D eigenvalue weighted by Crippen LogP contribution is 2.44. The Kier molecular flexibility index (Phi) is 5.53. The van der Waals surface area contributed by atoms with Gasteiger partial charge in [0.2, 0.25) is 0 Å².